The number of ketones is 1. The molecule has 6 rings (SSSR count). The summed E-state index contributed by atoms with van der Waals surface area (Å²) in [5.74, 6) is 0.821. The van der Waals surface area contributed by atoms with Crippen LogP contribution in [0.3, 0.4) is 0 Å². The van der Waals surface area contributed by atoms with E-state index in [-0.39, 0.29) is 18.2 Å². The number of Topliss-reactive ketones (excluding diaryl/α,β-unsaturated/α-hetero) is 1. The molecule has 0 spiro atoms. The molecule has 2 N–H and O–H groups in total. The molecule has 12 heteroatoms. The van der Waals surface area contributed by atoms with Crippen molar-refractivity contribution in [3.63, 3.8) is 0 Å². The zero-order valence-corrected chi connectivity index (χ0v) is 23.0. The zero-order chi connectivity index (χ0) is 28.3. The summed E-state index contributed by atoms with van der Waals surface area (Å²) in [5, 5.41) is 0. The van der Waals surface area contributed by atoms with Gasteiger partial charge in [-0.3, -0.25) is 14.7 Å². The van der Waals surface area contributed by atoms with Gasteiger partial charge in [-0.15, -0.1) is 0 Å². The molecule has 0 bridgehead atoms. The number of anilines is 2. The third-order valence-corrected chi connectivity index (χ3v) is 7.53. The maximum atomic E-state index is 15.8. The molecule has 0 aliphatic carbocycles. The number of aromatic nitrogens is 5. The Balaban J connectivity index is 1.33. The van der Waals surface area contributed by atoms with E-state index in [0.29, 0.717) is 77.8 Å². The number of piperazine rings is 1. The second-order valence-electron chi connectivity index (χ2n) is 10.5. The first kappa shape index (κ1) is 27.1. The molecule has 5 heterocycles. The summed E-state index contributed by atoms with van der Waals surface area (Å²) in [7, 11) is 2.07. The highest BCUT2D eigenvalue weighted by Gasteiger charge is 2.22. The Morgan fingerprint density at radius 1 is 0.976 bits per heavy atom. The van der Waals surface area contributed by atoms with E-state index in [4.69, 9.17) is 25.4 Å². The molecule has 1 aromatic carbocycles. The lowest BCUT2D eigenvalue weighted by molar-refractivity contribution is -0.120. The number of hydrogen-bond acceptors (Lipinski definition) is 11. The first-order valence-corrected chi connectivity index (χ1v) is 13.7. The predicted molar refractivity (Wildman–Crippen MR) is 154 cm³/mol. The van der Waals surface area contributed by atoms with Gasteiger partial charge in [0.25, 0.3) is 0 Å². The van der Waals surface area contributed by atoms with E-state index in [2.05, 4.69) is 31.7 Å². The molecular formula is C29H32FN9O2. The van der Waals surface area contributed by atoms with Crippen molar-refractivity contribution in [3.8, 4) is 22.5 Å². The van der Waals surface area contributed by atoms with Crippen LogP contribution in [0.1, 0.15) is 5.56 Å². The number of ether oxygens (including phenoxy) is 1. The number of pyridine rings is 1. The fourth-order valence-corrected chi connectivity index (χ4v) is 5.19. The van der Waals surface area contributed by atoms with Crippen molar-refractivity contribution in [2.24, 2.45) is 0 Å². The second kappa shape index (κ2) is 11.8. The normalized spacial score (nSPS) is 16.8. The molecule has 2 fully saturated rings. The number of carbonyl (C=O) groups is 1. The number of rotatable bonds is 7. The van der Waals surface area contributed by atoms with Gasteiger partial charge in [-0.05, 0) is 18.7 Å². The second-order valence-corrected chi connectivity index (χ2v) is 10.5. The lowest BCUT2D eigenvalue weighted by Gasteiger charge is -2.31. The van der Waals surface area contributed by atoms with Gasteiger partial charge in [-0.2, -0.15) is 0 Å². The third kappa shape index (κ3) is 5.99. The fourth-order valence-electron chi connectivity index (χ4n) is 5.19. The predicted octanol–water partition coefficient (Wildman–Crippen LogP) is 2.07. The van der Waals surface area contributed by atoms with E-state index < -0.39 is 5.82 Å². The Labute approximate surface area is 237 Å². The van der Waals surface area contributed by atoms with Gasteiger partial charge in [-0.25, -0.2) is 24.3 Å². The van der Waals surface area contributed by atoms with Gasteiger partial charge in [0.2, 0.25) is 5.95 Å². The third-order valence-electron chi connectivity index (χ3n) is 7.53. The fraction of sp³-hybridized carbons (Fsp3) is 0.379. The van der Waals surface area contributed by atoms with Gasteiger partial charge in [0.05, 0.1) is 30.8 Å². The lowest BCUT2D eigenvalue weighted by Crippen LogP contribution is -2.46. The molecule has 41 heavy (non-hydrogen) atoms. The van der Waals surface area contributed by atoms with Crippen LogP contribution in [0.25, 0.3) is 33.5 Å². The van der Waals surface area contributed by atoms with Crippen LogP contribution in [0, 0.1) is 5.82 Å². The minimum Gasteiger partial charge on any atom is -0.378 e. The zero-order valence-electron chi connectivity index (χ0n) is 23.0. The Bertz CT molecular complexity index is 1550. The average molecular weight is 558 g/mol. The number of fused-ring (bicyclic) bond motifs is 1. The smallest absolute Gasteiger partial charge is 0.219 e. The van der Waals surface area contributed by atoms with Crippen molar-refractivity contribution >= 4 is 28.6 Å². The summed E-state index contributed by atoms with van der Waals surface area (Å²) in [5.41, 5.74) is 8.75. The molecule has 3 aromatic heterocycles. The molecule has 0 saturated carbocycles. The summed E-state index contributed by atoms with van der Waals surface area (Å²) in [4.78, 5) is 41.7. The maximum absolute atomic E-state index is 15.8. The molecule has 2 saturated heterocycles. The van der Waals surface area contributed by atoms with Crippen LogP contribution in [-0.4, -0.2) is 107 Å². The molecule has 0 radical (unpaired) electrons. The molecule has 2 aliphatic rings. The molecule has 0 unspecified atom stereocenters. The van der Waals surface area contributed by atoms with Crippen LogP contribution in [0.2, 0.25) is 0 Å². The summed E-state index contributed by atoms with van der Waals surface area (Å²) in [6.45, 7) is 6.33. The number of morpholine rings is 1. The van der Waals surface area contributed by atoms with E-state index in [1.54, 1.807) is 36.8 Å². The number of nitrogen functional groups attached to an aromatic ring is 1. The van der Waals surface area contributed by atoms with E-state index in [1.807, 2.05) is 6.07 Å². The number of likely N-dealkylation sites (N-methyl/N-ethyl adjacent to an activating group) is 1. The summed E-state index contributed by atoms with van der Waals surface area (Å²) >= 11 is 0. The van der Waals surface area contributed by atoms with Gasteiger partial charge in [0.15, 0.2) is 17.4 Å². The van der Waals surface area contributed by atoms with Crippen LogP contribution in [0.5, 0.6) is 0 Å². The van der Waals surface area contributed by atoms with Crippen LogP contribution >= 0.6 is 0 Å². The number of hydrogen-bond donors (Lipinski definition) is 1. The molecule has 0 amide bonds. The molecular weight excluding hydrogens is 525 g/mol. The Morgan fingerprint density at radius 2 is 1.71 bits per heavy atom. The van der Waals surface area contributed by atoms with E-state index in [9.17, 15) is 4.79 Å². The minimum atomic E-state index is -0.421. The number of nitrogens with two attached hydrogens (primary N) is 1. The molecule has 212 valence electrons. The van der Waals surface area contributed by atoms with Crippen LogP contribution in [0.15, 0.2) is 42.9 Å². The molecule has 0 atom stereocenters. The quantitative estimate of drug-likeness (QED) is 0.359. The highest BCUT2D eigenvalue weighted by Crippen LogP contribution is 2.31. The number of halogens is 1. The van der Waals surface area contributed by atoms with Gasteiger partial charge in [0, 0.05) is 75.4 Å². The van der Waals surface area contributed by atoms with E-state index >= 15 is 4.39 Å². The highest BCUT2D eigenvalue weighted by atomic mass is 19.1. The van der Waals surface area contributed by atoms with Crippen molar-refractivity contribution in [1.82, 2.24) is 34.7 Å². The largest absolute Gasteiger partial charge is 0.378 e. The van der Waals surface area contributed by atoms with Crippen LogP contribution in [-0.2, 0) is 16.0 Å². The van der Waals surface area contributed by atoms with Gasteiger partial charge in [-0.1, -0.05) is 18.2 Å². The van der Waals surface area contributed by atoms with Crippen LogP contribution < -0.4 is 10.6 Å². The Hall–Kier alpha value is -4.13. The van der Waals surface area contributed by atoms with E-state index in [1.165, 1.54) is 0 Å². The van der Waals surface area contributed by atoms with Gasteiger partial charge >= 0.3 is 0 Å². The summed E-state index contributed by atoms with van der Waals surface area (Å²) < 4.78 is 21.3. The summed E-state index contributed by atoms with van der Waals surface area (Å²) in [6, 6.07) is 6.96. The minimum absolute atomic E-state index is 0.000456. The number of nitrogens with zero attached hydrogens (tertiary/aromatic N) is 8. The number of carbonyl (C=O) groups excluding carboxylic acids is 1. The first-order chi connectivity index (χ1) is 19.9. The molecule has 4 aromatic rings. The molecule has 2 aliphatic heterocycles. The van der Waals surface area contributed by atoms with Crippen molar-refractivity contribution in [2.75, 3.05) is 76.7 Å². The van der Waals surface area contributed by atoms with Crippen molar-refractivity contribution < 1.29 is 13.9 Å². The van der Waals surface area contributed by atoms with E-state index in [0.717, 1.165) is 26.2 Å². The topological polar surface area (TPSA) is 126 Å². The van der Waals surface area contributed by atoms with Gasteiger partial charge < -0.3 is 20.3 Å². The Morgan fingerprint density at radius 3 is 2.46 bits per heavy atom. The van der Waals surface area contributed by atoms with Crippen molar-refractivity contribution in [1.29, 1.82) is 0 Å². The van der Waals surface area contributed by atoms with Crippen molar-refractivity contribution in [2.45, 2.75) is 6.42 Å². The van der Waals surface area contributed by atoms with Crippen molar-refractivity contribution in [3.05, 3.63) is 54.2 Å². The molecule has 11 nitrogen and oxygen atoms in total. The summed E-state index contributed by atoms with van der Waals surface area (Å²) in [6.07, 6.45) is 4.83. The van der Waals surface area contributed by atoms with Crippen LogP contribution in [0.4, 0.5) is 16.2 Å². The lowest BCUT2D eigenvalue weighted by atomic mass is 10.00. The standard InChI is InChI=1S/C29H32FN9O2/c1-37-5-7-38(8-6-37)18-22(40)13-19-3-2-4-23(25(19)30)20-14-24-26(32-15-20)28(39-9-11-41-12-10-39)36-27(35-24)21-16-33-29(31)34-17-21/h2-4,14-17H,5-13,18H2,1H3,(H2,31,33,34). The number of benzene rings is 1. The van der Waals surface area contributed by atoms with Gasteiger partial charge in [0.1, 0.15) is 11.3 Å². The Kier molecular flexibility index (Phi) is 7.77. The highest BCUT2D eigenvalue weighted by molar-refractivity contribution is 5.90. The first-order valence-electron chi connectivity index (χ1n) is 13.7. The monoisotopic (exact) mass is 557 g/mol. The maximum Gasteiger partial charge on any atom is 0.219 e. The SMILES string of the molecule is CN1CCN(CC(=O)Cc2cccc(-c3cnc4c(N5CCOCC5)nc(-c5cnc(N)nc5)nc4c3)c2F)CC1. The average Bonchev–Trinajstić information content (AvgIpc) is 2.99.